The molecule has 0 aliphatic rings. The summed E-state index contributed by atoms with van der Waals surface area (Å²) >= 11 is 0. The van der Waals surface area contributed by atoms with Gasteiger partial charge >= 0.3 is 0 Å². The Bertz CT molecular complexity index is 463. The highest BCUT2D eigenvalue weighted by Gasteiger charge is 1.95. The van der Waals surface area contributed by atoms with E-state index in [-0.39, 0.29) is 0 Å². The zero-order chi connectivity index (χ0) is 13.4. The quantitative estimate of drug-likeness (QED) is 0.838. The summed E-state index contributed by atoms with van der Waals surface area (Å²) in [6, 6.07) is 16.2. The summed E-state index contributed by atoms with van der Waals surface area (Å²) < 4.78 is 5.11. The lowest BCUT2D eigenvalue weighted by atomic mass is 10.2. The Morgan fingerprint density at radius 3 is 2.11 bits per heavy atom. The lowest BCUT2D eigenvalue weighted by Crippen LogP contribution is -1.90. The molecule has 0 bridgehead atoms. The van der Waals surface area contributed by atoms with Gasteiger partial charge in [0.25, 0.3) is 0 Å². The number of hydrogen-bond acceptors (Lipinski definition) is 2. The fraction of sp³-hybridized carbons (Fsp3) is 0.250. The van der Waals surface area contributed by atoms with Crippen molar-refractivity contribution in [1.82, 2.24) is 0 Å². The summed E-state index contributed by atoms with van der Waals surface area (Å²) in [4.78, 5) is 0. The van der Waals surface area contributed by atoms with Crippen molar-refractivity contribution in [3.05, 3.63) is 54.1 Å². The average molecular weight is 243 g/mol. The van der Waals surface area contributed by atoms with E-state index in [0.29, 0.717) is 0 Å². The first-order valence-corrected chi connectivity index (χ1v) is 6.26. The highest BCUT2D eigenvalue weighted by Crippen LogP contribution is 2.20. The second-order valence-corrected chi connectivity index (χ2v) is 3.72. The van der Waals surface area contributed by atoms with Gasteiger partial charge < -0.3 is 10.1 Å². The topological polar surface area (TPSA) is 21.3 Å². The van der Waals surface area contributed by atoms with Crippen LogP contribution in [0.3, 0.4) is 0 Å². The van der Waals surface area contributed by atoms with Crippen molar-refractivity contribution in [3.8, 4) is 5.75 Å². The summed E-state index contributed by atoms with van der Waals surface area (Å²) in [6.45, 7) is 6.08. The maximum absolute atomic E-state index is 5.11. The van der Waals surface area contributed by atoms with Crippen LogP contribution in [0, 0.1) is 6.92 Å². The molecule has 0 heterocycles. The van der Waals surface area contributed by atoms with Crippen LogP contribution in [0.1, 0.15) is 19.4 Å². The van der Waals surface area contributed by atoms with Gasteiger partial charge in [-0.1, -0.05) is 26.0 Å². The molecule has 0 aromatic heterocycles. The molecule has 96 valence electrons. The van der Waals surface area contributed by atoms with Gasteiger partial charge in [-0.3, -0.25) is 0 Å². The van der Waals surface area contributed by atoms with Crippen LogP contribution >= 0.6 is 0 Å². The first-order chi connectivity index (χ1) is 8.78. The summed E-state index contributed by atoms with van der Waals surface area (Å²) in [5.74, 6) is 0.870. The van der Waals surface area contributed by atoms with Crippen molar-refractivity contribution < 1.29 is 4.74 Å². The second kappa shape index (κ2) is 7.38. The van der Waals surface area contributed by atoms with E-state index in [9.17, 15) is 0 Å². The van der Waals surface area contributed by atoms with Gasteiger partial charge in [-0.15, -0.1) is 0 Å². The third-order valence-corrected chi connectivity index (χ3v) is 2.40. The SMILES string of the molecule is CC.COc1ccc(Nc2cccc(C)c2)cc1. The molecule has 0 aliphatic heterocycles. The molecule has 0 atom stereocenters. The van der Waals surface area contributed by atoms with E-state index in [2.05, 4.69) is 30.4 Å². The number of methoxy groups -OCH3 is 1. The Morgan fingerprint density at radius 1 is 0.889 bits per heavy atom. The smallest absolute Gasteiger partial charge is 0.119 e. The van der Waals surface area contributed by atoms with E-state index in [0.717, 1.165) is 17.1 Å². The number of hydrogen-bond donors (Lipinski definition) is 1. The molecule has 0 fully saturated rings. The van der Waals surface area contributed by atoms with Gasteiger partial charge in [0.05, 0.1) is 7.11 Å². The predicted molar refractivity (Wildman–Crippen MR) is 78.8 cm³/mol. The highest BCUT2D eigenvalue weighted by atomic mass is 16.5. The van der Waals surface area contributed by atoms with E-state index >= 15 is 0 Å². The van der Waals surface area contributed by atoms with Crippen molar-refractivity contribution in [2.24, 2.45) is 0 Å². The van der Waals surface area contributed by atoms with E-state index < -0.39 is 0 Å². The van der Waals surface area contributed by atoms with Gasteiger partial charge in [-0.05, 0) is 48.9 Å². The molecule has 0 amide bonds. The third kappa shape index (κ3) is 4.13. The molecule has 0 saturated heterocycles. The molecular weight excluding hydrogens is 222 g/mol. The highest BCUT2D eigenvalue weighted by molar-refractivity contribution is 5.60. The number of nitrogens with one attached hydrogen (secondary N) is 1. The molecule has 2 nitrogen and oxygen atoms in total. The standard InChI is InChI=1S/C14H15NO.C2H6/c1-11-4-3-5-13(10-11)15-12-6-8-14(16-2)9-7-12;1-2/h3-10,15H,1-2H3;1-2H3. The van der Waals surface area contributed by atoms with Crippen molar-refractivity contribution in [2.45, 2.75) is 20.8 Å². The Kier molecular flexibility index (Phi) is 5.78. The Labute approximate surface area is 110 Å². The van der Waals surface area contributed by atoms with Crippen LogP contribution in [0.15, 0.2) is 48.5 Å². The molecule has 2 aromatic carbocycles. The summed E-state index contributed by atoms with van der Waals surface area (Å²) in [5, 5.41) is 3.34. The second-order valence-electron chi connectivity index (χ2n) is 3.72. The maximum atomic E-state index is 5.11. The van der Waals surface area contributed by atoms with Gasteiger partial charge in [0.1, 0.15) is 5.75 Å². The van der Waals surface area contributed by atoms with Gasteiger partial charge in [-0.25, -0.2) is 0 Å². The molecule has 1 N–H and O–H groups in total. The van der Waals surface area contributed by atoms with Gasteiger partial charge in [0.15, 0.2) is 0 Å². The minimum Gasteiger partial charge on any atom is -0.497 e. The average Bonchev–Trinajstić information content (AvgIpc) is 2.42. The van der Waals surface area contributed by atoms with Crippen LogP contribution in [0.25, 0.3) is 0 Å². The number of aryl methyl sites for hydroxylation is 1. The molecule has 0 saturated carbocycles. The first kappa shape index (κ1) is 14.1. The van der Waals surface area contributed by atoms with Gasteiger partial charge in [0, 0.05) is 11.4 Å². The van der Waals surface area contributed by atoms with Gasteiger partial charge in [-0.2, -0.15) is 0 Å². The van der Waals surface area contributed by atoms with Gasteiger partial charge in [0.2, 0.25) is 0 Å². The van der Waals surface area contributed by atoms with Crippen LogP contribution < -0.4 is 10.1 Å². The number of rotatable bonds is 3. The minimum atomic E-state index is 0.870. The number of ether oxygens (including phenoxy) is 1. The van der Waals surface area contributed by atoms with Crippen molar-refractivity contribution in [2.75, 3.05) is 12.4 Å². The molecule has 2 aromatic rings. The first-order valence-electron chi connectivity index (χ1n) is 6.26. The molecule has 0 unspecified atom stereocenters. The Balaban J connectivity index is 0.000000771. The monoisotopic (exact) mass is 243 g/mol. The third-order valence-electron chi connectivity index (χ3n) is 2.40. The zero-order valence-corrected chi connectivity index (χ0v) is 11.5. The molecular formula is C16H21NO. The van der Waals surface area contributed by atoms with Crippen LogP contribution in [0.5, 0.6) is 5.75 Å². The summed E-state index contributed by atoms with van der Waals surface area (Å²) in [6.07, 6.45) is 0. The lowest BCUT2D eigenvalue weighted by Gasteiger charge is -2.07. The van der Waals surface area contributed by atoms with Crippen molar-refractivity contribution >= 4 is 11.4 Å². The van der Waals surface area contributed by atoms with Crippen molar-refractivity contribution in [1.29, 1.82) is 0 Å². The van der Waals surface area contributed by atoms with E-state index in [4.69, 9.17) is 4.74 Å². The van der Waals surface area contributed by atoms with E-state index in [1.165, 1.54) is 5.56 Å². The lowest BCUT2D eigenvalue weighted by molar-refractivity contribution is 0.415. The fourth-order valence-corrected chi connectivity index (χ4v) is 1.56. The molecule has 0 aliphatic carbocycles. The molecule has 2 heteroatoms. The summed E-state index contributed by atoms with van der Waals surface area (Å²) in [7, 11) is 1.67. The largest absolute Gasteiger partial charge is 0.497 e. The van der Waals surface area contributed by atoms with E-state index in [1.807, 2.05) is 44.2 Å². The minimum absolute atomic E-state index is 0.870. The fourth-order valence-electron chi connectivity index (χ4n) is 1.56. The normalized spacial score (nSPS) is 9.11. The Hall–Kier alpha value is -1.96. The predicted octanol–water partition coefficient (Wildman–Crippen LogP) is 4.77. The van der Waals surface area contributed by atoms with Crippen LogP contribution in [0.2, 0.25) is 0 Å². The Morgan fingerprint density at radius 2 is 1.56 bits per heavy atom. The van der Waals surface area contributed by atoms with Crippen molar-refractivity contribution in [3.63, 3.8) is 0 Å². The molecule has 18 heavy (non-hydrogen) atoms. The maximum Gasteiger partial charge on any atom is 0.119 e. The number of anilines is 2. The van der Waals surface area contributed by atoms with Crippen LogP contribution in [-0.2, 0) is 0 Å². The zero-order valence-electron chi connectivity index (χ0n) is 11.5. The molecule has 0 radical (unpaired) electrons. The van der Waals surface area contributed by atoms with E-state index in [1.54, 1.807) is 7.11 Å². The molecule has 2 rings (SSSR count). The van der Waals surface area contributed by atoms with Crippen LogP contribution in [-0.4, -0.2) is 7.11 Å². The number of benzene rings is 2. The summed E-state index contributed by atoms with van der Waals surface area (Å²) in [5.41, 5.74) is 3.41. The van der Waals surface area contributed by atoms with Crippen LogP contribution in [0.4, 0.5) is 11.4 Å². The molecule has 0 spiro atoms.